The highest BCUT2D eigenvalue weighted by molar-refractivity contribution is 8.00. The Hall–Kier alpha value is -3.34. The highest BCUT2D eigenvalue weighted by Crippen LogP contribution is 2.27. The van der Waals surface area contributed by atoms with E-state index in [4.69, 9.17) is 16.3 Å². The van der Waals surface area contributed by atoms with Crippen molar-refractivity contribution >= 4 is 62.4 Å². The van der Waals surface area contributed by atoms with Gasteiger partial charge in [0.05, 0.1) is 17.9 Å². The fraction of sp³-hybridized carbons (Fsp3) is 0.167. The molecular weight excluding hydrogens is 508 g/mol. The van der Waals surface area contributed by atoms with Crippen molar-refractivity contribution < 1.29 is 14.3 Å². The highest BCUT2D eigenvalue weighted by atomic mass is 35.5. The van der Waals surface area contributed by atoms with Gasteiger partial charge in [0.15, 0.2) is 5.16 Å². The van der Waals surface area contributed by atoms with E-state index in [-0.39, 0.29) is 11.1 Å². The molecule has 0 aliphatic heterocycles. The minimum atomic E-state index is -0.586. The van der Waals surface area contributed by atoms with Crippen LogP contribution in [0.5, 0.6) is 5.75 Å². The van der Waals surface area contributed by atoms with Gasteiger partial charge in [0.25, 0.3) is 11.5 Å². The summed E-state index contributed by atoms with van der Waals surface area (Å²) in [5.41, 5.74) is 3.59. The van der Waals surface area contributed by atoms with Crippen molar-refractivity contribution in [2.24, 2.45) is 0 Å². The maximum Gasteiger partial charge on any atom is 0.291 e. The van der Waals surface area contributed by atoms with Crippen LogP contribution in [0.1, 0.15) is 23.7 Å². The number of thioether (sulfide) groups is 1. The van der Waals surface area contributed by atoms with Crippen LogP contribution in [0.4, 0.5) is 5.69 Å². The van der Waals surface area contributed by atoms with Crippen LogP contribution in [0.3, 0.4) is 0 Å². The van der Waals surface area contributed by atoms with E-state index in [9.17, 15) is 14.4 Å². The van der Waals surface area contributed by atoms with Crippen molar-refractivity contribution in [3.63, 3.8) is 0 Å². The first-order valence-electron chi connectivity index (χ1n) is 10.6. The Labute approximate surface area is 214 Å². The number of methoxy groups -OCH3 is 1. The lowest BCUT2D eigenvalue weighted by Crippen LogP contribution is -2.35. The molecule has 11 heteroatoms. The zero-order valence-electron chi connectivity index (χ0n) is 18.8. The molecule has 2 aromatic carbocycles. The summed E-state index contributed by atoms with van der Waals surface area (Å²) in [5.74, 6) is -0.276. The van der Waals surface area contributed by atoms with E-state index < -0.39 is 16.7 Å². The summed E-state index contributed by atoms with van der Waals surface area (Å²) in [6.07, 6.45) is 0.457. The standard InChI is InChI=1S/C24H21ClN4O4S2/c1-3-19(22(31)26-16-8-5-7-15(25)13-16)35-24-27-18-10-11-34-20(18)23(32)29(24)28-21(30)14-6-4-9-17(12-14)33-2/h4-13,19H,3H2,1-2H3,(H,26,31)(H,28,30)/t19-/m0/s1. The third kappa shape index (κ3) is 5.67. The number of benzene rings is 2. The van der Waals surface area contributed by atoms with Crippen LogP contribution in [-0.2, 0) is 4.79 Å². The molecule has 0 spiro atoms. The second-order valence-electron chi connectivity index (χ2n) is 7.36. The van der Waals surface area contributed by atoms with Gasteiger partial charge >= 0.3 is 0 Å². The van der Waals surface area contributed by atoms with Gasteiger partial charge in [-0.1, -0.05) is 42.4 Å². The van der Waals surface area contributed by atoms with Crippen LogP contribution in [0, 0.1) is 0 Å². The van der Waals surface area contributed by atoms with Crippen LogP contribution < -0.4 is 21.0 Å². The highest BCUT2D eigenvalue weighted by Gasteiger charge is 2.24. The maximum atomic E-state index is 13.2. The van der Waals surface area contributed by atoms with E-state index in [2.05, 4.69) is 15.7 Å². The molecule has 1 atom stereocenters. The normalized spacial score (nSPS) is 11.7. The number of ether oxygens (including phenoxy) is 1. The molecule has 0 bridgehead atoms. The second kappa shape index (κ2) is 10.9. The molecule has 0 aliphatic carbocycles. The number of nitrogens with zero attached hydrogens (tertiary/aromatic N) is 2. The minimum Gasteiger partial charge on any atom is -0.497 e. The molecule has 2 aromatic heterocycles. The van der Waals surface area contributed by atoms with Gasteiger partial charge in [0.2, 0.25) is 5.91 Å². The number of amides is 2. The Balaban J connectivity index is 1.65. The number of fused-ring (bicyclic) bond motifs is 1. The van der Waals surface area contributed by atoms with Crippen molar-refractivity contribution in [1.82, 2.24) is 9.66 Å². The van der Waals surface area contributed by atoms with Gasteiger partial charge < -0.3 is 10.1 Å². The number of rotatable bonds is 8. The molecule has 0 saturated carbocycles. The fourth-order valence-electron chi connectivity index (χ4n) is 3.24. The Morgan fingerprint density at radius 1 is 1.20 bits per heavy atom. The summed E-state index contributed by atoms with van der Waals surface area (Å²) in [6, 6.07) is 15.1. The number of thiophene rings is 1. The molecule has 4 rings (SSSR count). The summed E-state index contributed by atoms with van der Waals surface area (Å²) in [6.45, 7) is 1.86. The molecule has 8 nitrogen and oxygen atoms in total. The lowest BCUT2D eigenvalue weighted by Gasteiger charge is -2.18. The number of nitrogens with one attached hydrogen (secondary N) is 2. The van der Waals surface area contributed by atoms with Crippen molar-refractivity contribution in [3.8, 4) is 5.75 Å². The van der Waals surface area contributed by atoms with Gasteiger partial charge in [-0.25, -0.2) is 4.98 Å². The predicted molar refractivity (Wildman–Crippen MR) is 141 cm³/mol. The molecule has 2 heterocycles. The van der Waals surface area contributed by atoms with E-state index in [0.29, 0.717) is 38.7 Å². The van der Waals surface area contributed by atoms with Crippen molar-refractivity contribution in [2.45, 2.75) is 23.8 Å². The Morgan fingerprint density at radius 3 is 2.74 bits per heavy atom. The zero-order chi connectivity index (χ0) is 24.9. The molecule has 0 radical (unpaired) electrons. The molecule has 0 aliphatic rings. The molecule has 2 amide bonds. The number of aromatic nitrogens is 2. The van der Waals surface area contributed by atoms with Crippen LogP contribution in [-0.4, -0.2) is 33.8 Å². The average Bonchev–Trinajstić information content (AvgIpc) is 3.33. The van der Waals surface area contributed by atoms with Gasteiger partial charge in [0, 0.05) is 16.3 Å². The molecule has 35 heavy (non-hydrogen) atoms. The van der Waals surface area contributed by atoms with Crippen molar-refractivity contribution in [1.29, 1.82) is 0 Å². The van der Waals surface area contributed by atoms with E-state index in [1.165, 1.54) is 18.4 Å². The van der Waals surface area contributed by atoms with E-state index in [1.807, 2.05) is 6.92 Å². The van der Waals surface area contributed by atoms with Gasteiger partial charge in [-0.3, -0.25) is 19.8 Å². The zero-order valence-corrected chi connectivity index (χ0v) is 21.2. The van der Waals surface area contributed by atoms with Crippen LogP contribution >= 0.6 is 34.7 Å². The topological polar surface area (TPSA) is 102 Å². The third-order valence-electron chi connectivity index (χ3n) is 5.00. The van der Waals surface area contributed by atoms with Crippen molar-refractivity contribution in [3.05, 3.63) is 80.9 Å². The molecular formula is C24H21ClN4O4S2. The van der Waals surface area contributed by atoms with Crippen LogP contribution in [0.15, 0.2) is 69.9 Å². The van der Waals surface area contributed by atoms with Gasteiger partial charge in [0.1, 0.15) is 10.4 Å². The SMILES string of the molecule is CC[C@H](Sc1nc2ccsc2c(=O)n1NC(=O)c1cccc(OC)c1)C(=O)Nc1cccc(Cl)c1. The van der Waals surface area contributed by atoms with Crippen molar-refractivity contribution in [2.75, 3.05) is 17.9 Å². The Morgan fingerprint density at radius 2 is 2.00 bits per heavy atom. The van der Waals surface area contributed by atoms with Gasteiger partial charge in [-0.15, -0.1) is 11.3 Å². The first-order chi connectivity index (χ1) is 16.9. The smallest absolute Gasteiger partial charge is 0.291 e. The summed E-state index contributed by atoms with van der Waals surface area (Å²) < 4.78 is 6.68. The summed E-state index contributed by atoms with van der Waals surface area (Å²) in [4.78, 5) is 43.8. The number of carbonyl (C=O) groups excluding carboxylic acids is 2. The molecule has 2 N–H and O–H groups in total. The largest absolute Gasteiger partial charge is 0.497 e. The molecule has 0 fully saturated rings. The lowest BCUT2D eigenvalue weighted by molar-refractivity contribution is -0.115. The monoisotopic (exact) mass is 528 g/mol. The number of carbonyl (C=O) groups is 2. The Bertz CT molecular complexity index is 1450. The summed E-state index contributed by atoms with van der Waals surface area (Å²) >= 11 is 8.35. The molecule has 0 saturated heterocycles. The van der Waals surface area contributed by atoms with Crippen LogP contribution in [0.25, 0.3) is 10.2 Å². The average molecular weight is 529 g/mol. The van der Waals surface area contributed by atoms with E-state index in [1.54, 1.807) is 60.0 Å². The maximum absolute atomic E-state index is 13.2. The second-order valence-corrected chi connectivity index (χ2v) is 9.88. The number of halogens is 1. The predicted octanol–water partition coefficient (Wildman–Crippen LogP) is 5.01. The van der Waals surface area contributed by atoms with E-state index >= 15 is 0 Å². The summed E-state index contributed by atoms with van der Waals surface area (Å²) in [5, 5.41) is 4.71. The van der Waals surface area contributed by atoms with Crippen LogP contribution in [0.2, 0.25) is 5.02 Å². The molecule has 4 aromatic rings. The quantitative estimate of drug-likeness (QED) is 0.246. The van der Waals surface area contributed by atoms with E-state index in [0.717, 1.165) is 16.4 Å². The lowest BCUT2D eigenvalue weighted by atomic mass is 10.2. The fourth-order valence-corrected chi connectivity index (χ4v) is 5.16. The number of hydrogen-bond acceptors (Lipinski definition) is 7. The third-order valence-corrected chi connectivity index (χ3v) is 7.44. The molecule has 180 valence electrons. The first-order valence-corrected chi connectivity index (χ1v) is 12.7. The number of hydrogen-bond donors (Lipinski definition) is 2. The summed E-state index contributed by atoms with van der Waals surface area (Å²) in [7, 11) is 1.50. The van der Waals surface area contributed by atoms with Gasteiger partial charge in [-0.2, -0.15) is 4.68 Å². The van der Waals surface area contributed by atoms with Gasteiger partial charge in [-0.05, 0) is 54.3 Å². The Kier molecular flexibility index (Phi) is 7.74. The number of anilines is 1. The first kappa shape index (κ1) is 24.8. The molecule has 0 unspecified atom stereocenters. The minimum absolute atomic E-state index is 0.199.